The number of rotatable bonds is 2. The molecule has 2 aromatic carbocycles. The second-order valence-electron chi connectivity index (χ2n) is 5.35. The Morgan fingerprint density at radius 2 is 1.91 bits per heavy atom. The Labute approximate surface area is 146 Å². The number of nitrogens with zero attached hydrogens (tertiary/aromatic N) is 2. The van der Waals surface area contributed by atoms with Crippen LogP contribution in [0.15, 0.2) is 63.7 Å². The molecule has 2 heterocycles. The third-order valence-corrected chi connectivity index (χ3v) is 4.94. The van der Waals surface area contributed by atoms with Crippen molar-refractivity contribution in [1.29, 1.82) is 0 Å². The van der Waals surface area contributed by atoms with Crippen LogP contribution < -0.4 is 0 Å². The first kappa shape index (κ1) is 14.5. The second kappa shape index (κ2) is 5.55. The number of aromatic nitrogens is 2. The van der Waals surface area contributed by atoms with Crippen LogP contribution in [0.1, 0.15) is 5.56 Å². The van der Waals surface area contributed by atoms with Gasteiger partial charge in [-0.2, -0.15) is 0 Å². The third-order valence-electron chi connectivity index (χ3n) is 3.73. The Balaban J connectivity index is 1.87. The van der Waals surface area contributed by atoms with Crippen molar-refractivity contribution in [3.63, 3.8) is 0 Å². The minimum atomic E-state index is 0.588. The molecule has 0 aliphatic carbocycles. The SMILES string of the molecule is Cc1cc(-n2cccc2)cc2nc(-c3ccc(Cl)c(Br)c3)oc12. The Morgan fingerprint density at radius 1 is 1.13 bits per heavy atom. The molecule has 23 heavy (non-hydrogen) atoms. The molecule has 114 valence electrons. The summed E-state index contributed by atoms with van der Waals surface area (Å²) < 4.78 is 8.85. The van der Waals surface area contributed by atoms with E-state index in [0.717, 1.165) is 32.4 Å². The Bertz CT molecular complexity index is 1010. The average Bonchev–Trinajstić information content (AvgIpc) is 3.18. The number of halogens is 2. The lowest BCUT2D eigenvalue weighted by atomic mass is 10.2. The summed E-state index contributed by atoms with van der Waals surface area (Å²) in [5.41, 5.74) is 4.66. The molecule has 5 heteroatoms. The lowest BCUT2D eigenvalue weighted by Crippen LogP contribution is -1.90. The Hall–Kier alpha value is -2.04. The van der Waals surface area contributed by atoms with Crippen LogP contribution >= 0.6 is 27.5 Å². The molecule has 0 unspecified atom stereocenters. The first-order valence-electron chi connectivity index (χ1n) is 7.12. The fraction of sp³-hybridized carbons (Fsp3) is 0.0556. The Morgan fingerprint density at radius 3 is 2.65 bits per heavy atom. The van der Waals surface area contributed by atoms with Crippen LogP contribution in [-0.4, -0.2) is 9.55 Å². The fourth-order valence-corrected chi connectivity index (χ4v) is 3.09. The molecule has 0 aliphatic heterocycles. The standard InChI is InChI=1S/C18H12BrClN2O/c1-11-8-13(22-6-2-3-7-22)10-16-17(11)23-18(21-16)12-4-5-15(20)14(19)9-12/h2-10H,1H3. The van der Waals surface area contributed by atoms with Gasteiger partial charge in [-0.1, -0.05) is 11.6 Å². The van der Waals surface area contributed by atoms with E-state index in [1.807, 2.05) is 55.7 Å². The van der Waals surface area contributed by atoms with Crippen LogP contribution in [0.2, 0.25) is 5.02 Å². The molecule has 0 atom stereocenters. The van der Waals surface area contributed by atoms with Gasteiger partial charge in [0.1, 0.15) is 5.52 Å². The van der Waals surface area contributed by atoms with Crippen molar-refractivity contribution in [2.45, 2.75) is 6.92 Å². The van der Waals surface area contributed by atoms with Crippen LogP contribution in [-0.2, 0) is 0 Å². The summed E-state index contributed by atoms with van der Waals surface area (Å²) >= 11 is 9.48. The maximum Gasteiger partial charge on any atom is 0.227 e. The minimum absolute atomic E-state index is 0.588. The first-order chi connectivity index (χ1) is 11.1. The van der Waals surface area contributed by atoms with E-state index in [4.69, 9.17) is 16.0 Å². The molecule has 0 N–H and O–H groups in total. The number of benzene rings is 2. The number of hydrogen-bond donors (Lipinski definition) is 0. The van der Waals surface area contributed by atoms with E-state index in [-0.39, 0.29) is 0 Å². The van der Waals surface area contributed by atoms with Gasteiger partial charge in [-0.25, -0.2) is 4.98 Å². The molecule has 0 spiro atoms. The van der Waals surface area contributed by atoms with Crippen LogP contribution in [0.3, 0.4) is 0 Å². The van der Waals surface area contributed by atoms with Gasteiger partial charge >= 0.3 is 0 Å². The zero-order valence-corrected chi connectivity index (χ0v) is 14.6. The molecule has 0 amide bonds. The first-order valence-corrected chi connectivity index (χ1v) is 8.29. The van der Waals surface area contributed by atoms with Gasteiger partial charge in [0, 0.05) is 28.1 Å². The van der Waals surface area contributed by atoms with Crippen LogP contribution in [0.4, 0.5) is 0 Å². The number of aryl methyl sites for hydroxylation is 1. The van der Waals surface area contributed by atoms with Gasteiger partial charge < -0.3 is 8.98 Å². The highest BCUT2D eigenvalue weighted by Crippen LogP contribution is 2.32. The molecule has 0 bridgehead atoms. The molecule has 2 aromatic heterocycles. The molecule has 4 rings (SSSR count). The lowest BCUT2D eigenvalue weighted by molar-refractivity contribution is 0.617. The lowest BCUT2D eigenvalue weighted by Gasteiger charge is -2.03. The summed E-state index contributed by atoms with van der Waals surface area (Å²) in [6, 6.07) is 13.8. The summed E-state index contributed by atoms with van der Waals surface area (Å²) in [5, 5.41) is 0.663. The van der Waals surface area contributed by atoms with Crippen LogP contribution in [0, 0.1) is 6.92 Å². The quantitative estimate of drug-likeness (QED) is 0.422. The van der Waals surface area contributed by atoms with Crippen molar-refractivity contribution < 1.29 is 4.42 Å². The number of hydrogen-bond acceptors (Lipinski definition) is 2. The maximum atomic E-state index is 6.05. The molecule has 4 aromatic rings. The van der Waals surface area contributed by atoms with Crippen molar-refractivity contribution in [2.75, 3.05) is 0 Å². The zero-order valence-electron chi connectivity index (χ0n) is 12.3. The topological polar surface area (TPSA) is 31.0 Å². The summed E-state index contributed by atoms with van der Waals surface area (Å²) in [4.78, 5) is 4.64. The van der Waals surface area contributed by atoms with Gasteiger partial charge in [0.05, 0.1) is 5.02 Å². The van der Waals surface area contributed by atoms with E-state index in [2.05, 4.69) is 31.5 Å². The average molecular weight is 388 g/mol. The smallest absolute Gasteiger partial charge is 0.227 e. The van der Waals surface area contributed by atoms with Gasteiger partial charge in [-0.3, -0.25) is 0 Å². The third kappa shape index (κ3) is 2.58. The van der Waals surface area contributed by atoms with Crippen LogP contribution in [0.5, 0.6) is 0 Å². The summed E-state index contributed by atoms with van der Waals surface area (Å²) in [7, 11) is 0. The zero-order chi connectivity index (χ0) is 16.0. The van der Waals surface area contributed by atoms with E-state index in [1.54, 1.807) is 0 Å². The second-order valence-corrected chi connectivity index (χ2v) is 6.61. The van der Waals surface area contributed by atoms with Gasteiger partial charge in [-0.05, 0) is 70.9 Å². The molecule has 0 radical (unpaired) electrons. The monoisotopic (exact) mass is 386 g/mol. The normalized spacial score (nSPS) is 11.3. The molecular weight excluding hydrogens is 376 g/mol. The van der Waals surface area contributed by atoms with Gasteiger partial charge in [0.25, 0.3) is 0 Å². The summed E-state index contributed by atoms with van der Waals surface area (Å²) in [5.74, 6) is 0.588. The van der Waals surface area contributed by atoms with Crippen molar-refractivity contribution in [1.82, 2.24) is 9.55 Å². The van der Waals surface area contributed by atoms with Gasteiger partial charge in [0.15, 0.2) is 5.58 Å². The molecule has 0 aliphatic rings. The van der Waals surface area contributed by atoms with Gasteiger partial charge in [-0.15, -0.1) is 0 Å². The fourth-order valence-electron chi connectivity index (χ4n) is 2.59. The summed E-state index contributed by atoms with van der Waals surface area (Å²) in [6.45, 7) is 2.03. The molecule has 0 fully saturated rings. The predicted octanol–water partition coefficient (Wildman–Crippen LogP) is 6.01. The highest BCUT2D eigenvalue weighted by molar-refractivity contribution is 9.10. The van der Waals surface area contributed by atoms with E-state index >= 15 is 0 Å². The molecule has 3 nitrogen and oxygen atoms in total. The largest absolute Gasteiger partial charge is 0.436 e. The van der Waals surface area contributed by atoms with Crippen molar-refractivity contribution in [2.24, 2.45) is 0 Å². The van der Waals surface area contributed by atoms with Crippen molar-refractivity contribution in [3.05, 3.63) is 69.9 Å². The van der Waals surface area contributed by atoms with Gasteiger partial charge in [0.2, 0.25) is 5.89 Å². The van der Waals surface area contributed by atoms with Crippen LogP contribution in [0.25, 0.3) is 28.2 Å². The maximum absolute atomic E-state index is 6.05. The molecule has 0 saturated heterocycles. The molecular formula is C18H12BrClN2O. The summed E-state index contributed by atoms with van der Waals surface area (Å²) in [6.07, 6.45) is 4.02. The van der Waals surface area contributed by atoms with E-state index < -0.39 is 0 Å². The Kier molecular flexibility index (Phi) is 3.51. The highest BCUT2D eigenvalue weighted by Gasteiger charge is 2.13. The number of oxazole rings is 1. The highest BCUT2D eigenvalue weighted by atomic mass is 79.9. The van der Waals surface area contributed by atoms with E-state index in [0.29, 0.717) is 10.9 Å². The van der Waals surface area contributed by atoms with Crippen molar-refractivity contribution in [3.8, 4) is 17.1 Å². The minimum Gasteiger partial charge on any atom is -0.436 e. The van der Waals surface area contributed by atoms with E-state index in [9.17, 15) is 0 Å². The number of fused-ring (bicyclic) bond motifs is 1. The molecule has 0 saturated carbocycles. The predicted molar refractivity (Wildman–Crippen MR) is 96.2 cm³/mol. The van der Waals surface area contributed by atoms with Crippen molar-refractivity contribution >= 4 is 38.6 Å². The van der Waals surface area contributed by atoms with E-state index in [1.165, 1.54) is 0 Å².